The Morgan fingerprint density at radius 1 is 1.17 bits per heavy atom. The van der Waals surface area contributed by atoms with E-state index >= 15 is 0 Å². The maximum atomic E-state index is 12.7. The third-order valence-corrected chi connectivity index (χ3v) is 5.55. The van der Waals surface area contributed by atoms with Crippen LogP contribution in [-0.4, -0.2) is 20.7 Å². The van der Waals surface area contributed by atoms with Crippen molar-refractivity contribution < 1.29 is 4.74 Å². The van der Waals surface area contributed by atoms with Crippen LogP contribution in [0.1, 0.15) is 24.4 Å². The summed E-state index contributed by atoms with van der Waals surface area (Å²) in [7, 11) is 2.09. The first-order valence-electron chi connectivity index (χ1n) is 9.77. The summed E-state index contributed by atoms with van der Waals surface area (Å²) in [6, 6.07) is 15.2. The van der Waals surface area contributed by atoms with Crippen molar-refractivity contribution in [1.82, 2.24) is 19.4 Å². The van der Waals surface area contributed by atoms with Crippen LogP contribution in [0.25, 0.3) is 16.6 Å². The lowest BCUT2D eigenvalue weighted by atomic mass is 10.0. The maximum Gasteiger partial charge on any atom is 0.258 e. The van der Waals surface area contributed by atoms with Crippen LogP contribution >= 0.6 is 0 Å². The molecule has 0 aliphatic carbocycles. The molecule has 5 rings (SSSR count). The van der Waals surface area contributed by atoms with Gasteiger partial charge in [0.1, 0.15) is 12.4 Å². The summed E-state index contributed by atoms with van der Waals surface area (Å²) in [6.45, 7) is 2.23. The molecule has 6 heteroatoms. The second-order valence-corrected chi connectivity index (χ2v) is 7.29. The standard InChI is InChI=1S/C23H22N4O2.CH4/c1-26-21-12-17(5-6-19(21)20-7-10-24-14-22(20)26)27-11-8-18(13-23(27)28)29-15-16-4-2-3-9-25-16;/h2-6,8-9,11-13,24H,7,10,14-15H2,1H3;1H4. The Hall–Kier alpha value is -3.38. The lowest BCUT2D eigenvalue weighted by molar-refractivity contribution is 0.300. The van der Waals surface area contributed by atoms with Gasteiger partial charge in [0.15, 0.2) is 0 Å². The van der Waals surface area contributed by atoms with E-state index in [-0.39, 0.29) is 13.0 Å². The van der Waals surface area contributed by atoms with Gasteiger partial charge in [-0.1, -0.05) is 19.6 Å². The minimum Gasteiger partial charge on any atom is -0.487 e. The number of aryl methyl sites for hydroxylation is 1. The molecule has 4 heterocycles. The number of nitrogens with one attached hydrogen (secondary N) is 1. The molecule has 0 amide bonds. The molecular weight excluding hydrogens is 376 g/mol. The quantitative estimate of drug-likeness (QED) is 0.567. The molecule has 1 aliphatic rings. The van der Waals surface area contributed by atoms with Crippen molar-refractivity contribution in [3.63, 3.8) is 0 Å². The highest BCUT2D eigenvalue weighted by Gasteiger charge is 2.18. The van der Waals surface area contributed by atoms with E-state index in [0.29, 0.717) is 12.4 Å². The Bertz CT molecular complexity index is 1240. The first kappa shape index (κ1) is 19.9. The number of aromatic nitrogens is 3. The van der Waals surface area contributed by atoms with Gasteiger partial charge < -0.3 is 14.6 Å². The Labute approximate surface area is 175 Å². The van der Waals surface area contributed by atoms with Crippen LogP contribution in [0.4, 0.5) is 0 Å². The molecule has 0 saturated heterocycles. The molecule has 4 aromatic rings. The van der Waals surface area contributed by atoms with Crippen LogP contribution in [0.15, 0.2) is 65.7 Å². The van der Waals surface area contributed by atoms with E-state index in [1.807, 2.05) is 30.3 Å². The number of fused-ring (bicyclic) bond motifs is 3. The number of benzene rings is 1. The molecule has 6 nitrogen and oxygen atoms in total. The van der Waals surface area contributed by atoms with Crippen molar-refractivity contribution in [3.05, 3.63) is 88.2 Å². The number of nitrogens with zero attached hydrogens (tertiary/aromatic N) is 3. The minimum atomic E-state index is -0.122. The first-order chi connectivity index (χ1) is 14.2. The maximum absolute atomic E-state index is 12.7. The summed E-state index contributed by atoms with van der Waals surface area (Å²) in [5, 5.41) is 4.71. The SMILES string of the molecule is C.Cn1c2c(c3ccc(-n4ccc(OCc5ccccn5)cc4=O)cc31)CCNC2. The van der Waals surface area contributed by atoms with Gasteiger partial charge in [-0.2, -0.15) is 0 Å². The number of pyridine rings is 2. The molecule has 1 aliphatic heterocycles. The van der Waals surface area contributed by atoms with Crippen LogP contribution in [-0.2, 0) is 26.6 Å². The number of hydrogen-bond donors (Lipinski definition) is 1. The van der Waals surface area contributed by atoms with E-state index in [4.69, 9.17) is 4.74 Å². The van der Waals surface area contributed by atoms with Crippen LogP contribution < -0.4 is 15.6 Å². The fourth-order valence-electron chi connectivity index (χ4n) is 4.03. The normalized spacial score (nSPS) is 13.0. The van der Waals surface area contributed by atoms with E-state index in [1.165, 1.54) is 22.7 Å². The number of rotatable bonds is 4. The summed E-state index contributed by atoms with van der Waals surface area (Å²) in [4.78, 5) is 16.9. The summed E-state index contributed by atoms with van der Waals surface area (Å²) in [5.41, 5.74) is 5.45. The van der Waals surface area contributed by atoms with Gasteiger partial charge in [0, 0.05) is 43.1 Å². The van der Waals surface area contributed by atoms with E-state index < -0.39 is 0 Å². The molecule has 0 atom stereocenters. The third kappa shape index (κ3) is 3.50. The zero-order chi connectivity index (χ0) is 19.8. The molecule has 0 spiro atoms. The summed E-state index contributed by atoms with van der Waals surface area (Å²) >= 11 is 0. The van der Waals surface area contributed by atoms with Crippen molar-refractivity contribution in [3.8, 4) is 11.4 Å². The van der Waals surface area contributed by atoms with E-state index in [0.717, 1.165) is 36.4 Å². The molecule has 0 unspecified atom stereocenters. The fourth-order valence-corrected chi connectivity index (χ4v) is 4.03. The largest absolute Gasteiger partial charge is 0.487 e. The summed E-state index contributed by atoms with van der Waals surface area (Å²) < 4.78 is 9.60. The smallest absolute Gasteiger partial charge is 0.258 e. The van der Waals surface area contributed by atoms with Crippen LogP contribution in [0.2, 0.25) is 0 Å². The molecule has 154 valence electrons. The number of hydrogen-bond acceptors (Lipinski definition) is 4. The average molecular weight is 402 g/mol. The molecule has 0 bridgehead atoms. The predicted molar refractivity (Wildman–Crippen MR) is 119 cm³/mol. The van der Waals surface area contributed by atoms with Crippen molar-refractivity contribution in [1.29, 1.82) is 0 Å². The molecule has 1 aromatic carbocycles. The predicted octanol–water partition coefficient (Wildman–Crippen LogP) is 3.59. The highest BCUT2D eigenvalue weighted by Crippen LogP contribution is 2.29. The zero-order valence-corrected chi connectivity index (χ0v) is 16.3. The minimum absolute atomic E-state index is 0. The van der Waals surface area contributed by atoms with Gasteiger partial charge in [0.2, 0.25) is 0 Å². The zero-order valence-electron chi connectivity index (χ0n) is 16.3. The topological polar surface area (TPSA) is 61.1 Å². The van der Waals surface area contributed by atoms with Crippen molar-refractivity contribution in [2.75, 3.05) is 6.54 Å². The van der Waals surface area contributed by atoms with E-state index in [9.17, 15) is 4.79 Å². The summed E-state index contributed by atoms with van der Waals surface area (Å²) in [6.07, 6.45) is 4.53. The highest BCUT2D eigenvalue weighted by atomic mass is 16.5. The van der Waals surface area contributed by atoms with Gasteiger partial charge in [-0.25, -0.2) is 0 Å². The molecule has 3 aromatic heterocycles. The van der Waals surface area contributed by atoms with Gasteiger partial charge in [0.05, 0.1) is 16.9 Å². The molecule has 0 saturated carbocycles. The fraction of sp³-hybridized carbons (Fsp3) is 0.250. The van der Waals surface area contributed by atoms with Crippen LogP contribution in [0, 0.1) is 0 Å². The Morgan fingerprint density at radius 3 is 2.87 bits per heavy atom. The lowest BCUT2D eigenvalue weighted by Gasteiger charge is -2.14. The Balaban J connectivity index is 0.00000218. The number of ether oxygens (including phenoxy) is 1. The van der Waals surface area contributed by atoms with Gasteiger partial charge in [-0.15, -0.1) is 0 Å². The van der Waals surface area contributed by atoms with E-state index in [1.54, 1.807) is 17.0 Å². The molecule has 30 heavy (non-hydrogen) atoms. The van der Waals surface area contributed by atoms with Gasteiger partial charge in [-0.05, 0) is 48.9 Å². The molecule has 0 radical (unpaired) electrons. The lowest BCUT2D eigenvalue weighted by Crippen LogP contribution is -2.24. The van der Waals surface area contributed by atoms with Gasteiger partial charge in [-0.3, -0.25) is 14.3 Å². The molecule has 0 fully saturated rings. The van der Waals surface area contributed by atoms with E-state index in [2.05, 4.69) is 34.0 Å². The molecular formula is C24H26N4O2. The third-order valence-electron chi connectivity index (χ3n) is 5.55. The van der Waals surface area contributed by atoms with Crippen LogP contribution in [0.5, 0.6) is 5.75 Å². The van der Waals surface area contributed by atoms with Gasteiger partial charge in [0.25, 0.3) is 5.56 Å². The van der Waals surface area contributed by atoms with Crippen LogP contribution in [0.3, 0.4) is 0 Å². The monoisotopic (exact) mass is 402 g/mol. The van der Waals surface area contributed by atoms with Gasteiger partial charge >= 0.3 is 0 Å². The summed E-state index contributed by atoms with van der Waals surface area (Å²) in [5.74, 6) is 0.540. The van der Waals surface area contributed by atoms with Crippen molar-refractivity contribution in [2.24, 2.45) is 7.05 Å². The second kappa shape index (κ2) is 8.16. The highest BCUT2D eigenvalue weighted by molar-refractivity contribution is 5.87. The Morgan fingerprint density at radius 2 is 2.07 bits per heavy atom. The van der Waals surface area contributed by atoms with Crippen molar-refractivity contribution >= 4 is 10.9 Å². The van der Waals surface area contributed by atoms with Crippen molar-refractivity contribution in [2.45, 2.75) is 27.0 Å². The average Bonchev–Trinajstić information content (AvgIpc) is 3.05. The first-order valence-corrected chi connectivity index (χ1v) is 9.77. The Kier molecular flexibility index (Phi) is 5.42. The second-order valence-electron chi connectivity index (χ2n) is 7.29. The molecule has 1 N–H and O–H groups in total.